The summed E-state index contributed by atoms with van der Waals surface area (Å²) in [5.74, 6) is -2.34. The lowest BCUT2D eigenvalue weighted by atomic mass is 9.98. The molecule has 0 heterocycles. The third kappa shape index (κ3) is 10.4. The van der Waals surface area contributed by atoms with Crippen LogP contribution in [0.2, 0.25) is 0 Å². The highest BCUT2D eigenvalue weighted by Gasteiger charge is 2.26. The first kappa shape index (κ1) is 33.1. The predicted octanol–water partition coefficient (Wildman–Crippen LogP) is 4.34. The van der Waals surface area contributed by atoms with Gasteiger partial charge in [0.25, 0.3) is 0 Å². The van der Waals surface area contributed by atoms with E-state index in [0.29, 0.717) is 5.56 Å². The number of nitrogens with one attached hydrogen (secondary N) is 1. The summed E-state index contributed by atoms with van der Waals surface area (Å²) in [7, 11) is 1.29. The van der Waals surface area contributed by atoms with Crippen molar-refractivity contribution in [1.82, 2.24) is 5.32 Å². The Morgan fingerprint density at radius 3 is 1.74 bits per heavy atom. The van der Waals surface area contributed by atoms with Gasteiger partial charge in [-0.25, -0.2) is 0 Å². The molecule has 0 saturated heterocycles. The van der Waals surface area contributed by atoms with E-state index in [9.17, 15) is 19.2 Å². The van der Waals surface area contributed by atoms with Crippen molar-refractivity contribution in [1.29, 1.82) is 0 Å². The minimum atomic E-state index is -0.757. The molecule has 0 radical (unpaired) electrons. The Morgan fingerprint density at radius 1 is 0.737 bits per heavy atom. The maximum atomic E-state index is 12.7. The third-order valence-electron chi connectivity index (χ3n) is 6.54. The van der Waals surface area contributed by atoms with Crippen molar-refractivity contribution < 1.29 is 38.1 Å². The zero-order valence-electron chi connectivity index (χ0n) is 24.5. The number of ether oxygens (including phenoxy) is 4. The summed E-state index contributed by atoms with van der Waals surface area (Å²) in [6, 6.07) is 4.09. The highest BCUT2D eigenvalue weighted by Crippen LogP contribution is 2.31. The maximum absolute atomic E-state index is 12.7. The van der Waals surface area contributed by atoms with Crippen molar-refractivity contribution in [2.45, 2.75) is 80.9 Å². The van der Waals surface area contributed by atoms with Crippen molar-refractivity contribution in [3.8, 4) is 11.5 Å². The van der Waals surface area contributed by atoms with Gasteiger partial charge in [0, 0.05) is 6.54 Å². The van der Waals surface area contributed by atoms with Crippen molar-refractivity contribution in [3.63, 3.8) is 0 Å². The lowest BCUT2D eigenvalue weighted by Gasteiger charge is -2.21. The highest BCUT2D eigenvalue weighted by atomic mass is 16.6. The molecule has 3 unspecified atom stereocenters. The van der Waals surface area contributed by atoms with Crippen LogP contribution in [0.15, 0.2) is 18.2 Å². The maximum Gasteiger partial charge on any atom is 0.323 e. The molecule has 0 fully saturated rings. The van der Waals surface area contributed by atoms with Gasteiger partial charge < -0.3 is 24.3 Å². The lowest BCUT2D eigenvalue weighted by molar-refractivity contribution is -0.152. The van der Waals surface area contributed by atoms with Crippen LogP contribution in [0.3, 0.4) is 0 Å². The van der Waals surface area contributed by atoms with Crippen LogP contribution in [-0.2, 0) is 35.1 Å². The molecular weight excluding hydrogens is 490 g/mol. The SMILES string of the molecule is COC(=O)[C@H](Cc1ccc(OC(=O)C(C)C(C)C)c(OC(=O)C(C)C(C)C)c1)NCC(C)OC(=O)C(C)C. The fourth-order valence-corrected chi connectivity index (χ4v) is 3.09. The number of benzene rings is 1. The molecule has 0 aliphatic rings. The Kier molecular flexibility index (Phi) is 13.5. The predicted molar refractivity (Wildman–Crippen MR) is 144 cm³/mol. The fourth-order valence-electron chi connectivity index (χ4n) is 3.09. The average molecular weight is 536 g/mol. The molecule has 0 saturated carbocycles. The van der Waals surface area contributed by atoms with Gasteiger partial charge in [0.2, 0.25) is 0 Å². The van der Waals surface area contributed by atoms with Gasteiger partial charge in [0.15, 0.2) is 11.5 Å². The second kappa shape index (κ2) is 15.5. The van der Waals surface area contributed by atoms with Crippen LogP contribution in [0, 0.1) is 29.6 Å². The van der Waals surface area contributed by atoms with Gasteiger partial charge in [-0.3, -0.25) is 19.2 Å². The van der Waals surface area contributed by atoms with Crippen LogP contribution in [-0.4, -0.2) is 49.7 Å². The molecule has 4 atom stereocenters. The first-order valence-corrected chi connectivity index (χ1v) is 13.3. The summed E-state index contributed by atoms with van der Waals surface area (Å²) in [6.07, 6.45) is -0.269. The summed E-state index contributed by atoms with van der Waals surface area (Å²) in [5, 5.41) is 3.09. The van der Waals surface area contributed by atoms with E-state index in [1.165, 1.54) is 7.11 Å². The van der Waals surface area contributed by atoms with Gasteiger partial charge in [0.1, 0.15) is 12.1 Å². The second-order valence-corrected chi connectivity index (χ2v) is 10.8. The molecule has 9 nitrogen and oxygen atoms in total. The molecular formula is C29H45NO8. The van der Waals surface area contributed by atoms with Gasteiger partial charge in [-0.1, -0.05) is 61.5 Å². The normalized spacial score (nSPS) is 14.6. The first-order chi connectivity index (χ1) is 17.7. The van der Waals surface area contributed by atoms with Gasteiger partial charge in [-0.05, 0) is 42.9 Å². The molecule has 0 aliphatic heterocycles. The number of methoxy groups -OCH3 is 1. The molecule has 1 aromatic rings. The Morgan fingerprint density at radius 2 is 1.26 bits per heavy atom. The Balaban J connectivity index is 3.19. The third-order valence-corrected chi connectivity index (χ3v) is 6.54. The number of hydrogen-bond acceptors (Lipinski definition) is 9. The second-order valence-electron chi connectivity index (χ2n) is 10.8. The monoisotopic (exact) mass is 535 g/mol. The van der Waals surface area contributed by atoms with Gasteiger partial charge >= 0.3 is 23.9 Å². The molecule has 1 aromatic carbocycles. The molecule has 1 N–H and O–H groups in total. The lowest BCUT2D eigenvalue weighted by Crippen LogP contribution is -2.43. The molecule has 38 heavy (non-hydrogen) atoms. The van der Waals surface area contributed by atoms with E-state index >= 15 is 0 Å². The molecule has 0 aromatic heterocycles. The molecule has 214 valence electrons. The fraction of sp³-hybridized carbons (Fsp3) is 0.655. The minimum absolute atomic E-state index is 0.0531. The van der Waals surface area contributed by atoms with E-state index in [1.807, 2.05) is 27.7 Å². The molecule has 1 rings (SSSR count). The zero-order valence-corrected chi connectivity index (χ0v) is 24.5. The quantitative estimate of drug-likeness (QED) is 0.274. The summed E-state index contributed by atoms with van der Waals surface area (Å²) in [5.41, 5.74) is 0.649. The van der Waals surface area contributed by atoms with Gasteiger partial charge in [-0.2, -0.15) is 0 Å². The van der Waals surface area contributed by atoms with Crippen molar-refractivity contribution in [3.05, 3.63) is 23.8 Å². The van der Waals surface area contributed by atoms with Gasteiger partial charge in [0.05, 0.1) is 24.9 Å². The van der Waals surface area contributed by atoms with Crippen molar-refractivity contribution >= 4 is 23.9 Å². The van der Waals surface area contributed by atoms with Crippen LogP contribution in [0.1, 0.15) is 67.9 Å². The molecule has 0 aliphatic carbocycles. The largest absolute Gasteiger partial charge is 0.468 e. The molecule has 0 amide bonds. The molecule has 9 heteroatoms. The minimum Gasteiger partial charge on any atom is -0.468 e. The number of carbonyl (C=O) groups is 4. The van der Waals surface area contributed by atoms with E-state index < -0.39 is 30.1 Å². The van der Waals surface area contributed by atoms with Crippen LogP contribution >= 0.6 is 0 Å². The summed E-state index contributed by atoms with van der Waals surface area (Å²) in [6.45, 7) is 16.7. The van der Waals surface area contributed by atoms with Crippen LogP contribution in [0.4, 0.5) is 0 Å². The number of hydrogen-bond donors (Lipinski definition) is 1. The highest BCUT2D eigenvalue weighted by molar-refractivity contribution is 5.79. The first-order valence-electron chi connectivity index (χ1n) is 13.3. The Bertz CT molecular complexity index is 956. The van der Waals surface area contributed by atoms with Crippen LogP contribution in [0.25, 0.3) is 0 Å². The van der Waals surface area contributed by atoms with Crippen molar-refractivity contribution in [2.24, 2.45) is 29.6 Å². The Hall–Kier alpha value is -2.94. The molecule has 0 spiro atoms. The van der Waals surface area contributed by atoms with E-state index in [0.717, 1.165) is 0 Å². The number of esters is 4. The Labute approximate surface area is 226 Å². The zero-order chi connectivity index (χ0) is 29.2. The standard InChI is InChI=1S/C29H45NO8/c1-16(2)20(8)27(32)37-24-12-11-22(14-25(24)38-28(33)21(9)17(3)4)13-23(29(34)35-10)30-15-19(7)36-26(31)18(5)6/h11-12,14,16-21,23,30H,13,15H2,1-10H3/t19?,20?,21?,23-/m0/s1. The van der Waals surface area contributed by atoms with E-state index in [1.54, 1.807) is 52.8 Å². The summed E-state index contributed by atoms with van der Waals surface area (Å²) >= 11 is 0. The van der Waals surface area contributed by atoms with Crippen molar-refractivity contribution in [2.75, 3.05) is 13.7 Å². The van der Waals surface area contributed by atoms with E-state index in [2.05, 4.69) is 5.32 Å². The number of rotatable bonds is 14. The summed E-state index contributed by atoms with van der Waals surface area (Å²) < 4.78 is 21.6. The smallest absolute Gasteiger partial charge is 0.323 e. The topological polar surface area (TPSA) is 117 Å². The number of carbonyl (C=O) groups excluding carboxylic acids is 4. The van der Waals surface area contributed by atoms with Gasteiger partial charge in [-0.15, -0.1) is 0 Å². The van der Waals surface area contributed by atoms with Crippen LogP contribution < -0.4 is 14.8 Å². The van der Waals surface area contributed by atoms with Crippen LogP contribution in [0.5, 0.6) is 11.5 Å². The molecule has 0 bridgehead atoms. The van der Waals surface area contributed by atoms with E-state index in [-0.39, 0.29) is 60.0 Å². The summed E-state index contributed by atoms with van der Waals surface area (Å²) in [4.78, 5) is 49.7. The van der Waals surface area contributed by atoms with E-state index in [4.69, 9.17) is 18.9 Å². The average Bonchev–Trinajstić information content (AvgIpc) is 2.85.